The SMILES string of the molecule is N#C/C(=C/c1cccc(OCC(=O)Nc2ccc(Cl)cc2)c1)C(=O)Nc1ccc(Cl)cc1. The summed E-state index contributed by atoms with van der Waals surface area (Å²) >= 11 is 11.7. The highest BCUT2D eigenvalue weighted by Crippen LogP contribution is 2.18. The first-order valence-corrected chi connectivity index (χ1v) is 10.2. The summed E-state index contributed by atoms with van der Waals surface area (Å²) in [5.74, 6) is -0.475. The van der Waals surface area contributed by atoms with Gasteiger partial charge in [0.1, 0.15) is 17.4 Å². The second-order valence-corrected chi connectivity index (χ2v) is 7.42. The standard InChI is InChI=1S/C24H17Cl2N3O3/c25-18-4-8-20(9-5-18)28-23(30)15-32-22-3-1-2-16(13-22)12-17(14-27)24(31)29-21-10-6-19(26)7-11-21/h1-13H,15H2,(H,28,30)(H,29,31)/b17-12-. The third-order valence-electron chi connectivity index (χ3n) is 4.13. The average molecular weight is 466 g/mol. The number of carbonyl (C=O) groups is 2. The first kappa shape index (κ1) is 22.9. The number of amides is 2. The molecule has 8 heteroatoms. The molecule has 3 rings (SSSR count). The highest BCUT2D eigenvalue weighted by atomic mass is 35.5. The molecule has 0 aliphatic heterocycles. The molecule has 2 N–H and O–H groups in total. The average Bonchev–Trinajstić information content (AvgIpc) is 2.79. The number of hydrogen-bond donors (Lipinski definition) is 2. The maximum Gasteiger partial charge on any atom is 0.266 e. The van der Waals surface area contributed by atoms with Crippen LogP contribution < -0.4 is 15.4 Å². The second-order valence-electron chi connectivity index (χ2n) is 6.55. The smallest absolute Gasteiger partial charge is 0.266 e. The van der Waals surface area contributed by atoms with E-state index in [1.165, 1.54) is 6.08 Å². The molecule has 6 nitrogen and oxygen atoms in total. The Labute approximate surface area is 195 Å². The predicted molar refractivity (Wildman–Crippen MR) is 126 cm³/mol. The van der Waals surface area contributed by atoms with Gasteiger partial charge in [-0.3, -0.25) is 9.59 Å². The van der Waals surface area contributed by atoms with Crippen molar-refractivity contribution in [2.24, 2.45) is 0 Å². The number of rotatable bonds is 7. The molecule has 0 saturated carbocycles. The van der Waals surface area contributed by atoms with Crippen molar-refractivity contribution >= 4 is 52.5 Å². The second kappa shape index (κ2) is 11.0. The predicted octanol–water partition coefficient (Wildman–Crippen LogP) is 5.56. The topological polar surface area (TPSA) is 91.2 Å². The van der Waals surface area contributed by atoms with E-state index in [9.17, 15) is 14.9 Å². The number of hydrogen-bond acceptors (Lipinski definition) is 4. The van der Waals surface area contributed by atoms with E-state index in [-0.39, 0.29) is 18.1 Å². The molecule has 0 atom stereocenters. The lowest BCUT2D eigenvalue weighted by atomic mass is 10.1. The minimum absolute atomic E-state index is 0.0856. The molecular formula is C24H17Cl2N3O3. The van der Waals surface area contributed by atoms with E-state index in [2.05, 4.69) is 10.6 Å². The zero-order valence-corrected chi connectivity index (χ0v) is 18.2. The highest BCUT2D eigenvalue weighted by molar-refractivity contribution is 6.31. The minimum Gasteiger partial charge on any atom is -0.484 e. The van der Waals surface area contributed by atoms with Crippen LogP contribution in [0, 0.1) is 11.3 Å². The number of ether oxygens (including phenoxy) is 1. The molecule has 0 fully saturated rings. The summed E-state index contributed by atoms with van der Waals surface area (Å²) in [5.41, 5.74) is 1.61. The number of benzene rings is 3. The van der Waals surface area contributed by atoms with Crippen molar-refractivity contribution in [3.05, 3.63) is 94.0 Å². The summed E-state index contributed by atoms with van der Waals surface area (Å²) in [5, 5.41) is 15.8. The Hall–Kier alpha value is -3.79. The van der Waals surface area contributed by atoms with Crippen molar-refractivity contribution in [2.75, 3.05) is 17.2 Å². The number of carbonyl (C=O) groups excluding carboxylic acids is 2. The molecular weight excluding hydrogens is 449 g/mol. The molecule has 0 saturated heterocycles. The van der Waals surface area contributed by atoms with Gasteiger partial charge < -0.3 is 15.4 Å². The maximum absolute atomic E-state index is 12.4. The van der Waals surface area contributed by atoms with Gasteiger partial charge in [-0.05, 0) is 72.3 Å². The van der Waals surface area contributed by atoms with Crippen LogP contribution in [0.4, 0.5) is 11.4 Å². The van der Waals surface area contributed by atoms with Gasteiger partial charge in [0.15, 0.2) is 6.61 Å². The van der Waals surface area contributed by atoms with E-state index >= 15 is 0 Å². The van der Waals surface area contributed by atoms with Gasteiger partial charge in [-0.25, -0.2) is 0 Å². The van der Waals surface area contributed by atoms with Crippen molar-refractivity contribution in [1.29, 1.82) is 5.26 Å². The van der Waals surface area contributed by atoms with Gasteiger partial charge in [0, 0.05) is 21.4 Å². The van der Waals surface area contributed by atoms with Crippen molar-refractivity contribution in [2.45, 2.75) is 0 Å². The fourth-order valence-corrected chi connectivity index (χ4v) is 2.87. The molecule has 0 spiro atoms. The molecule has 2 amide bonds. The van der Waals surface area contributed by atoms with Gasteiger partial charge in [0.2, 0.25) is 0 Å². The van der Waals surface area contributed by atoms with E-state index in [1.54, 1.807) is 72.8 Å². The van der Waals surface area contributed by atoms with E-state index in [4.69, 9.17) is 27.9 Å². The van der Waals surface area contributed by atoms with Crippen LogP contribution in [0.1, 0.15) is 5.56 Å². The van der Waals surface area contributed by atoms with Crippen LogP contribution >= 0.6 is 23.2 Å². The minimum atomic E-state index is -0.552. The fourth-order valence-electron chi connectivity index (χ4n) is 2.62. The zero-order valence-electron chi connectivity index (χ0n) is 16.6. The van der Waals surface area contributed by atoms with Crippen molar-refractivity contribution in [1.82, 2.24) is 0 Å². The number of nitrogens with one attached hydrogen (secondary N) is 2. The first-order valence-electron chi connectivity index (χ1n) is 9.40. The molecule has 0 heterocycles. The van der Waals surface area contributed by atoms with Crippen LogP contribution in [-0.2, 0) is 9.59 Å². The van der Waals surface area contributed by atoms with Crippen LogP contribution in [0.3, 0.4) is 0 Å². The number of nitrogens with zero attached hydrogens (tertiary/aromatic N) is 1. The molecule has 0 unspecified atom stereocenters. The largest absolute Gasteiger partial charge is 0.484 e. The van der Waals surface area contributed by atoms with Crippen LogP contribution in [0.15, 0.2) is 78.4 Å². The molecule has 3 aromatic rings. The Morgan fingerprint density at radius 1 is 0.906 bits per heavy atom. The lowest BCUT2D eigenvalue weighted by molar-refractivity contribution is -0.118. The third kappa shape index (κ3) is 6.88. The summed E-state index contributed by atoms with van der Waals surface area (Å²) in [7, 11) is 0. The molecule has 3 aromatic carbocycles. The Kier molecular flexibility index (Phi) is 7.87. The molecule has 0 aliphatic rings. The zero-order chi connectivity index (χ0) is 22.9. The Morgan fingerprint density at radius 3 is 2.09 bits per heavy atom. The molecule has 0 bridgehead atoms. The summed E-state index contributed by atoms with van der Waals surface area (Å²) in [6.45, 7) is -0.210. The quantitative estimate of drug-likeness (QED) is 0.353. The van der Waals surface area contributed by atoms with Crippen LogP contribution in [0.5, 0.6) is 5.75 Å². The first-order chi connectivity index (χ1) is 15.4. The molecule has 0 aliphatic carbocycles. The Balaban J connectivity index is 1.62. The van der Waals surface area contributed by atoms with Gasteiger partial charge in [0.25, 0.3) is 11.8 Å². The van der Waals surface area contributed by atoms with Crippen LogP contribution in [0.2, 0.25) is 10.0 Å². The van der Waals surface area contributed by atoms with Crippen LogP contribution in [0.25, 0.3) is 6.08 Å². The van der Waals surface area contributed by atoms with Gasteiger partial charge in [0.05, 0.1) is 0 Å². The lowest BCUT2D eigenvalue weighted by Crippen LogP contribution is -2.20. The van der Waals surface area contributed by atoms with E-state index < -0.39 is 5.91 Å². The molecule has 160 valence electrons. The summed E-state index contributed by atoms with van der Waals surface area (Å²) in [6, 6.07) is 21.9. The van der Waals surface area contributed by atoms with Crippen molar-refractivity contribution in [3.63, 3.8) is 0 Å². The fraction of sp³-hybridized carbons (Fsp3) is 0.0417. The third-order valence-corrected chi connectivity index (χ3v) is 4.64. The van der Waals surface area contributed by atoms with Crippen molar-refractivity contribution < 1.29 is 14.3 Å². The highest BCUT2D eigenvalue weighted by Gasteiger charge is 2.10. The van der Waals surface area contributed by atoms with E-state index in [0.29, 0.717) is 32.7 Å². The normalized spacial score (nSPS) is 10.7. The Bertz CT molecular complexity index is 1180. The van der Waals surface area contributed by atoms with Gasteiger partial charge >= 0.3 is 0 Å². The molecule has 32 heavy (non-hydrogen) atoms. The van der Waals surface area contributed by atoms with Crippen LogP contribution in [-0.4, -0.2) is 18.4 Å². The monoisotopic (exact) mass is 465 g/mol. The van der Waals surface area contributed by atoms with E-state index in [1.807, 2.05) is 6.07 Å². The van der Waals surface area contributed by atoms with E-state index in [0.717, 1.165) is 0 Å². The summed E-state index contributed by atoms with van der Waals surface area (Å²) in [6.07, 6.45) is 1.44. The Morgan fingerprint density at radius 2 is 1.50 bits per heavy atom. The van der Waals surface area contributed by atoms with Gasteiger partial charge in [-0.1, -0.05) is 35.3 Å². The summed E-state index contributed by atoms with van der Waals surface area (Å²) in [4.78, 5) is 24.5. The summed E-state index contributed by atoms with van der Waals surface area (Å²) < 4.78 is 5.52. The molecule has 0 radical (unpaired) electrons. The van der Waals surface area contributed by atoms with Crippen molar-refractivity contribution in [3.8, 4) is 11.8 Å². The number of halogens is 2. The van der Waals surface area contributed by atoms with Gasteiger partial charge in [-0.2, -0.15) is 5.26 Å². The molecule has 0 aromatic heterocycles. The number of nitriles is 1. The lowest BCUT2D eigenvalue weighted by Gasteiger charge is -2.08. The van der Waals surface area contributed by atoms with Gasteiger partial charge in [-0.15, -0.1) is 0 Å². The number of anilines is 2. The maximum atomic E-state index is 12.4.